The summed E-state index contributed by atoms with van der Waals surface area (Å²) in [7, 11) is 4.98. The standard InChI is InChI=1S/C43H72N2O7/c1-14-29(8)40(44(11)43(50)33(26(2)3)24-36(47)39(27(4)5)28(6)7)37(51-12)25-38(48)45-22-18-21-34(45)42(52-13)31(10)35(46)23-30(9)41(49)32-19-16-15-17-20-32/h15-17,19-20,26-31,33-34,37,39-42,49H,14,18,21-25H2,1-13H3/t29-,30-,31-,33-,34-,37+,40-,41+,42+/m0/s1. The van der Waals surface area contributed by atoms with Gasteiger partial charge in [0.15, 0.2) is 0 Å². The van der Waals surface area contributed by atoms with Crippen LogP contribution in [0.5, 0.6) is 0 Å². The Morgan fingerprint density at radius 2 is 1.42 bits per heavy atom. The van der Waals surface area contributed by atoms with Crippen molar-refractivity contribution < 1.29 is 33.8 Å². The van der Waals surface area contributed by atoms with Crippen LogP contribution < -0.4 is 0 Å². The first-order chi connectivity index (χ1) is 24.4. The Morgan fingerprint density at radius 1 is 0.827 bits per heavy atom. The van der Waals surface area contributed by atoms with Crippen LogP contribution >= 0.6 is 0 Å². The molecule has 1 N–H and O–H groups in total. The van der Waals surface area contributed by atoms with Gasteiger partial charge in [0.2, 0.25) is 11.8 Å². The third kappa shape index (κ3) is 11.7. The number of hydrogen-bond acceptors (Lipinski definition) is 7. The van der Waals surface area contributed by atoms with E-state index in [9.17, 15) is 24.3 Å². The van der Waals surface area contributed by atoms with Crippen LogP contribution in [0.15, 0.2) is 30.3 Å². The summed E-state index contributed by atoms with van der Waals surface area (Å²) in [5, 5.41) is 10.9. The molecule has 9 heteroatoms. The van der Waals surface area contributed by atoms with Gasteiger partial charge in [0.1, 0.15) is 11.6 Å². The van der Waals surface area contributed by atoms with Crippen LogP contribution in [0.1, 0.15) is 119 Å². The number of carbonyl (C=O) groups excluding carboxylic acids is 4. The van der Waals surface area contributed by atoms with Crippen LogP contribution in [0.25, 0.3) is 0 Å². The topological polar surface area (TPSA) is 113 Å². The fraction of sp³-hybridized carbons (Fsp3) is 0.767. The van der Waals surface area contributed by atoms with E-state index in [1.807, 2.05) is 62.9 Å². The summed E-state index contributed by atoms with van der Waals surface area (Å²) in [4.78, 5) is 59.2. The van der Waals surface area contributed by atoms with Crippen molar-refractivity contribution >= 4 is 23.4 Å². The molecule has 2 amide bonds. The fourth-order valence-electron chi connectivity index (χ4n) is 8.67. The zero-order valence-electron chi connectivity index (χ0n) is 34.6. The van der Waals surface area contributed by atoms with Crippen molar-refractivity contribution in [3.63, 3.8) is 0 Å². The van der Waals surface area contributed by atoms with E-state index in [1.165, 1.54) is 0 Å². The zero-order chi connectivity index (χ0) is 39.4. The summed E-state index contributed by atoms with van der Waals surface area (Å²) in [6, 6.07) is 8.70. The van der Waals surface area contributed by atoms with Gasteiger partial charge in [0.25, 0.3) is 0 Å². The maximum atomic E-state index is 14.3. The Kier molecular flexibility index (Phi) is 18.7. The Morgan fingerprint density at radius 3 is 1.92 bits per heavy atom. The van der Waals surface area contributed by atoms with E-state index < -0.39 is 30.1 Å². The molecule has 9 nitrogen and oxygen atoms in total. The van der Waals surface area contributed by atoms with E-state index in [1.54, 1.807) is 26.2 Å². The Bertz CT molecular complexity index is 1260. The summed E-state index contributed by atoms with van der Waals surface area (Å²) in [6.07, 6.45) is 0.924. The van der Waals surface area contributed by atoms with Crippen LogP contribution in [0, 0.1) is 47.3 Å². The average molecular weight is 729 g/mol. The minimum absolute atomic E-state index is 0.00772. The normalized spacial score (nSPS) is 19.7. The van der Waals surface area contributed by atoms with Crippen molar-refractivity contribution in [1.29, 1.82) is 0 Å². The highest BCUT2D eigenvalue weighted by Gasteiger charge is 2.43. The first kappa shape index (κ1) is 45.5. The number of likely N-dealkylation sites (tertiary alicyclic amines) is 1. The molecule has 2 rings (SSSR count). The van der Waals surface area contributed by atoms with Crippen molar-refractivity contribution in [3.8, 4) is 0 Å². The van der Waals surface area contributed by atoms with Gasteiger partial charge in [-0.15, -0.1) is 0 Å². The van der Waals surface area contributed by atoms with Gasteiger partial charge in [-0.25, -0.2) is 0 Å². The number of methoxy groups -OCH3 is 2. The van der Waals surface area contributed by atoms with E-state index in [2.05, 4.69) is 41.5 Å². The molecule has 1 fully saturated rings. The maximum Gasteiger partial charge on any atom is 0.226 e. The van der Waals surface area contributed by atoms with Crippen molar-refractivity contribution in [2.24, 2.45) is 47.3 Å². The van der Waals surface area contributed by atoms with Crippen molar-refractivity contribution in [3.05, 3.63) is 35.9 Å². The molecule has 9 atom stereocenters. The number of benzene rings is 1. The molecule has 1 aliphatic rings. The number of aliphatic hydroxyl groups excluding tert-OH is 1. The maximum absolute atomic E-state index is 14.3. The van der Waals surface area contributed by atoms with Crippen LogP contribution in [0.3, 0.4) is 0 Å². The molecule has 1 saturated heterocycles. The number of aliphatic hydroxyl groups is 1. The molecule has 0 spiro atoms. The molecule has 0 radical (unpaired) electrons. The summed E-state index contributed by atoms with van der Waals surface area (Å²) < 4.78 is 12.0. The monoisotopic (exact) mass is 729 g/mol. The Balaban J connectivity index is 2.25. The van der Waals surface area contributed by atoms with Gasteiger partial charge in [0.05, 0.1) is 36.8 Å². The number of ether oxygens (including phenoxy) is 2. The number of hydrogen-bond donors (Lipinski definition) is 1. The number of carbonyl (C=O) groups is 4. The molecule has 0 saturated carbocycles. The molecule has 0 bridgehead atoms. The first-order valence-electron chi connectivity index (χ1n) is 19.8. The van der Waals surface area contributed by atoms with Gasteiger partial charge in [0, 0.05) is 58.4 Å². The molecule has 1 aromatic rings. The second-order valence-corrected chi connectivity index (χ2v) is 16.6. The second-order valence-electron chi connectivity index (χ2n) is 16.6. The largest absolute Gasteiger partial charge is 0.388 e. The lowest BCUT2D eigenvalue weighted by molar-refractivity contribution is -0.149. The summed E-state index contributed by atoms with van der Waals surface area (Å²) in [6.45, 7) is 20.7. The predicted octanol–water partition coefficient (Wildman–Crippen LogP) is 7.40. The van der Waals surface area contributed by atoms with Crippen LogP contribution in [0.4, 0.5) is 0 Å². The highest BCUT2D eigenvalue weighted by atomic mass is 16.5. The van der Waals surface area contributed by atoms with E-state index in [4.69, 9.17) is 9.47 Å². The van der Waals surface area contributed by atoms with E-state index in [0.717, 1.165) is 18.4 Å². The molecule has 0 aliphatic carbocycles. The lowest BCUT2D eigenvalue weighted by Gasteiger charge is -2.41. The fourth-order valence-corrected chi connectivity index (χ4v) is 8.67. The van der Waals surface area contributed by atoms with Crippen molar-refractivity contribution in [1.82, 2.24) is 9.80 Å². The summed E-state index contributed by atoms with van der Waals surface area (Å²) >= 11 is 0. The molecule has 1 heterocycles. The molecular weight excluding hydrogens is 656 g/mol. The minimum atomic E-state index is -0.759. The highest BCUT2D eigenvalue weighted by Crippen LogP contribution is 2.33. The minimum Gasteiger partial charge on any atom is -0.388 e. The molecule has 296 valence electrons. The Labute approximate surface area is 315 Å². The van der Waals surface area contributed by atoms with Crippen molar-refractivity contribution in [2.75, 3.05) is 27.8 Å². The number of Topliss-reactive ketones (excluding diaryl/α,β-unsaturated/α-hetero) is 2. The molecule has 52 heavy (non-hydrogen) atoms. The van der Waals surface area contributed by atoms with Crippen LogP contribution in [0.2, 0.25) is 0 Å². The smallest absolute Gasteiger partial charge is 0.226 e. The number of nitrogens with zero attached hydrogens (tertiary/aromatic N) is 2. The van der Waals surface area contributed by atoms with E-state index in [0.29, 0.717) is 13.0 Å². The lowest BCUT2D eigenvalue weighted by atomic mass is 9.77. The summed E-state index contributed by atoms with van der Waals surface area (Å²) in [5.41, 5.74) is 0.779. The van der Waals surface area contributed by atoms with Crippen molar-refractivity contribution in [2.45, 2.75) is 138 Å². The molecule has 0 aromatic heterocycles. The van der Waals surface area contributed by atoms with Gasteiger partial charge in [-0.05, 0) is 48.0 Å². The summed E-state index contributed by atoms with van der Waals surface area (Å²) in [5.74, 6) is -1.04. The van der Waals surface area contributed by atoms with E-state index >= 15 is 0 Å². The quantitative estimate of drug-likeness (QED) is 0.132. The zero-order valence-corrected chi connectivity index (χ0v) is 34.6. The van der Waals surface area contributed by atoms with E-state index in [-0.39, 0.29) is 90.2 Å². The molecule has 1 aliphatic heterocycles. The molecular formula is C43H72N2O7. The van der Waals surface area contributed by atoms with Gasteiger partial charge >= 0.3 is 0 Å². The molecule has 1 aromatic carbocycles. The average Bonchev–Trinajstić information content (AvgIpc) is 3.59. The number of rotatable bonds is 22. The Hall–Kier alpha value is -2.62. The first-order valence-corrected chi connectivity index (χ1v) is 19.8. The van der Waals surface area contributed by atoms with Gasteiger partial charge in [-0.3, -0.25) is 19.2 Å². The van der Waals surface area contributed by atoms with Gasteiger partial charge in [-0.2, -0.15) is 0 Å². The third-order valence-electron chi connectivity index (χ3n) is 11.9. The van der Waals surface area contributed by atoms with Crippen LogP contribution in [-0.2, 0) is 28.7 Å². The van der Waals surface area contributed by atoms with Gasteiger partial charge < -0.3 is 24.4 Å². The lowest BCUT2D eigenvalue weighted by Crippen LogP contribution is -2.54. The SMILES string of the molecule is CC[C@H](C)[C@@H]([C@@H](CC(=O)N1CCC[C@H]1[C@H](OC)[C@@H](C)C(=O)C[C@H](C)[C@@H](O)c1ccccc1)OC)N(C)C(=O)[C@@H](CC(=O)C(C(C)C)C(C)C)C(C)C. The third-order valence-corrected chi connectivity index (χ3v) is 11.9. The van der Waals surface area contributed by atoms with Gasteiger partial charge in [-0.1, -0.05) is 106 Å². The predicted molar refractivity (Wildman–Crippen MR) is 207 cm³/mol. The number of ketones is 2. The second kappa shape index (κ2) is 21.3. The number of amides is 2. The molecule has 0 unspecified atom stereocenters. The van der Waals surface area contributed by atoms with Crippen LogP contribution in [-0.4, -0.2) is 90.4 Å². The highest BCUT2D eigenvalue weighted by molar-refractivity contribution is 5.88. The number of likely N-dealkylation sites (N-methyl/N-ethyl adjacent to an activating group) is 1.